The van der Waals surface area contributed by atoms with Crippen molar-refractivity contribution >= 4 is 28.4 Å². The second-order valence-electron chi connectivity index (χ2n) is 8.97. The van der Waals surface area contributed by atoms with Gasteiger partial charge < -0.3 is 19.6 Å². The summed E-state index contributed by atoms with van der Waals surface area (Å²) in [7, 11) is 0. The van der Waals surface area contributed by atoms with Crippen LogP contribution in [0, 0.1) is 28.7 Å². The van der Waals surface area contributed by atoms with E-state index in [1.165, 1.54) is 72.7 Å². The van der Waals surface area contributed by atoms with Gasteiger partial charge in [0.2, 0.25) is 0 Å². The van der Waals surface area contributed by atoms with E-state index in [0.717, 1.165) is 6.42 Å². The van der Waals surface area contributed by atoms with Gasteiger partial charge in [-0.15, -0.1) is 69.1 Å². The molecule has 0 aliphatic carbocycles. The van der Waals surface area contributed by atoms with E-state index < -0.39 is 0 Å². The predicted molar refractivity (Wildman–Crippen MR) is 155 cm³/mol. The first kappa shape index (κ1) is 29.7. The second-order valence-corrected chi connectivity index (χ2v) is 8.97. The van der Waals surface area contributed by atoms with E-state index in [2.05, 4.69) is 125 Å². The maximum absolute atomic E-state index is 5.76. The van der Waals surface area contributed by atoms with Crippen LogP contribution in [0.2, 0.25) is 0 Å². The van der Waals surface area contributed by atoms with Gasteiger partial charge in [-0.25, -0.2) is 0 Å². The third-order valence-corrected chi connectivity index (χ3v) is 6.38. The van der Waals surface area contributed by atoms with E-state index in [0.29, 0.717) is 0 Å². The zero-order valence-electron chi connectivity index (χ0n) is 21.9. The van der Waals surface area contributed by atoms with Gasteiger partial charge in [-0.2, -0.15) is 12.1 Å². The van der Waals surface area contributed by atoms with Gasteiger partial charge in [-0.05, 0) is 24.1 Å². The Kier molecular flexibility index (Phi) is 10.9. The van der Waals surface area contributed by atoms with Crippen molar-refractivity contribution in [1.82, 2.24) is 0 Å². The Labute approximate surface area is 234 Å². The molecule has 6 rings (SSSR count). The minimum atomic E-state index is -0.180. The molecule has 0 saturated heterocycles. The number of hydrogen-bond acceptors (Lipinski definition) is 1. The molecule has 0 saturated carbocycles. The third kappa shape index (κ3) is 6.25. The average Bonchev–Trinajstić information content (AvgIpc) is 3.57. The molecule has 1 nitrogen and oxygen atoms in total. The van der Waals surface area contributed by atoms with E-state index in [9.17, 15) is 0 Å². The second kappa shape index (κ2) is 13.2. The first-order valence-corrected chi connectivity index (χ1v) is 15.7. The molecule has 1 atom stereocenters. The number of aryl methyl sites for hydroxylation is 2. The van der Waals surface area contributed by atoms with E-state index >= 15 is 0 Å². The normalized spacial score (nSPS) is 15.5. The van der Waals surface area contributed by atoms with Crippen molar-refractivity contribution in [2.45, 2.75) is 32.8 Å². The summed E-state index contributed by atoms with van der Waals surface area (Å²) in [5, 5.41) is 5.32. The Morgan fingerprint density at radius 1 is 0.778 bits per heavy atom. The summed E-state index contributed by atoms with van der Waals surface area (Å²) in [6, 6.07) is 32.5. The van der Waals surface area contributed by atoms with Gasteiger partial charge in [0, 0.05) is 6.42 Å². The van der Waals surface area contributed by atoms with Crippen LogP contribution in [0.4, 0.5) is 0 Å². The fourth-order valence-electron chi connectivity index (χ4n) is 4.79. The van der Waals surface area contributed by atoms with E-state index in [-0.39, 0.29) is 20.5 Å². The van der Waals surface area contributed by atoms with Gasteiger partial charge in [-0.1, -0.05) is 61.9 Å². The molecule has 2 radical (unpaired) electrons. The molecule has 5 aromatic carbocycles. The first-order valence-electron chi connectivity index (χ1n) is 11.5. The van der Waals surface area contributed by atoms with Gasteiger partial charge >= 0.3 is 30.2 Å². The number of hydrogen-bond donors (Lipinski definition) is 0. The van der Waals surface area contributed by atoms with Crippen LogP contribution in [0.25, 0.3) is 32.7 Å². The van der Waals surface area contributed by atoms with Crippen molar-refractivity contribution in [2.75, 3.05) is 0 Å². The standard InChI is InChI=1S/C16H13.C15H15O.2CH3.Si.Zr/c1-12-10-14-8-5-9-15(16(14)11-12)13-6-3-2-4-7-13;1-11-9-12-5-3-6-14(13(12)10-11)15(2)7-4-8-16-15;;;;/h2-11H,1H3;3-6,8-10H,7H2,1-2H3;2*1H3;;/q4*-1;;. The van der Waals surface area contributed by atoms with Crippen molar-refractivity contribution in [2.24, 2.45) is 0 Å². The van der Waals surface area contributed by atoms with Crippen LogP contribution in [-0.4, -0.2) is 6.88 Å². The van der Waals surface area contributed by atoms with Crippen LogP contribution >= 0.6 is 0 Å². The Morgan fingerprint density at radius 3 is 1.97 bits per heavy atom. The summed E-state index contributed by atoms with van der Waals surface area (Å²) in [4.78, 5) is 0. The molecule has 1 aliphatic rings. The van der Waals surface area contributed by atoms with Crippen LogP contribution < -0.4 is 0 Å². The summed E-state index contributed by atoms with van der Waals surface area (Å²) < 4.78 is 5.76. The SMILES string of the molecule is Cc1cc2c(-c3ccccc3)cccc2[cH-]1.Cc1cc2c(C3(C)CC=CO3)cccc2[cH-]1.[CH3-].[CH3-].[Si]=[Zr]. The molecule has 5 aromatic rings. The van der Waals surface area contributed by atoms with Crippen LogP contribution in [0.15, 0.2) is 103 Å². The van der Waals surface area contributed by atoms with Gasteiger partial charge in [0.15, 0.2) is 0 Å². The molecule has 0 spiro atoms. The fourth-order valence-corrected chi connectivity index (χ4v) is 4.79. The molecule has 0 amide bonds. The number of fused-ring (bicyclic) bond motifs is 2. The molecule has 0 aromatic heterocycles. The molecule has 36 heavy (non-hydrogen) atoms. The summed E-state index contributed by atoms with van der Waals surface area (Å²) in [5.74, 6) is 0. The molecular formula is C33H34OSiZr-4. The Bertz CT molecular complexity index is 1420. The zero-order chi connectivity index (χ0) is 24.1. The molecule has 184 valence electrons. The van der Waals surface area contributed by atoms with Crippen LogP contribution in [0.1, 0.15) is 30.0 Å². The van der Waals surface area contributed by atoms with Crippen molar-refractivity contribution < 1.29 is 28.1 Å². The Morgan fingerprint density at radius 2 is 1.36 bits per heavy atom. The molecule has 1 heterocycles. The average molecular weight is 566 g/mol. The number of ether oxygens (including phenoxy) is 1. The molecule has 0 N–H and O–H groups in total. The van der Waals surface area contributed by atoms with E-state index in [4.69, 9.17) is 4.74 Å². The van der Waals surface area contributed by atoms with Crippen LogP contribution in [-0.2, 0) is 33.7 Å². The summed E-state index contributed by atoms with van der Waals surface area (Å²) in [6.07, 6.45) is 4.86. The quantitative estimate of drug-likeness (QED) is 0.153. The molecule has 0 bridgehead atoms. The molecule has 0 fully saturated rings. The monoisotopic (exact) mass is 564 g/mol. The van der Waals surface area contributed by atoms with Crippen molar-refractivity contribution in [1.29, 1.82) is 0 Å². The Hall–Kier alpha value is -2.48. The van der Waals surface area contributed by atoms with Gasteiger partial charge in [0.05, 0.1) is 6.26 Å². The molecule has 3 heteroatoms. The molecule has 1 unspecified atom stereocenters. The van der Waals surface area contributed by atoms with Crippen molar-refractivity contribution in [3.8, 4) is 11.1 Å². The minimum absolute atomic E-state index is 0. The zero-order valence-corrected chi connectivity index (χ0v) is 25.4. The fraction of sp³-hybridized carbons (Fsp3) is 0.152. The molecular weight excluding hydrogens is 532 g/mol. The number of benzene rings is 3. The predicted octanol–water partition coefficient (Wildman–Crippen LogP) is 9.07. The molecule has 1 aliphatic heterocycles. The van der Waals surface area contributed by atoms with Crippen molar-refractivity contribution in [3.05, 3.63) is 135 Å². The summed E-state index contributed by atoms with van der Waals surface area (Å²) in [6.45, 7) is 9.51. The topological polar surface area (TPSA) is 9.23 Å². The van der Waals surface area contributed by atoms with Gasteiger partial charge in [0.1, 0.15) is 5.60 Å². The van der Waals surface area contributed by atoms with Crippen LogP contribution in [0.5, 0.6) is 0 Å². The first-order chi connectivity index (χ1) is 16.5. The van der Waals surface area contributed by atoms with Crippen molar-refractivity contribution in [3.63, 3.8) is 0 Å². The third-order valence-electron chi connectivity index (χ3n) is 6.38. The number of rotatable bonds is 2. The van der Waals surface area contributed by atoms with Crippen LogP contribution in [0.3, 0.4) is 0 Å². The van der Waals surface area contributed by atoms with E-state index in [1.54, 1.807) is 0 Å². The van der Waals surface area contributed by atoms with Gasteiger partial charge in [0.25, 0.3) is 0 Å². The summed E-state index contributed by atoms with van der Waals surface area (Å²) >= 11 is 1.36. The summed E-state index contributed by atoms with van der Waals surface area (Å²) in [5.41, 5.74) is 6.38. The van der Waals surface area contributed by atoms with Gasteiger partial charge in [-0.3, -0.25) is 0 Å². The Balaban J connectivity index is 0.000000226. The maximum atomic E-state index is 5.76. The van der Waals surface area contributed by atoms with E-state index in [1.807, 2.05) is 6.26 Å².